The number of ketones is 1. The van der Waals surface area contributed by atoms with Crippen LogP contribution in [0.3, 0.4) is 0 Å². The molecule has 1 saturated heterocycles. The van der Waals surface area contributed by atoms with Crippen LogP contribution in [0, 0.1) is 5.92 Å². The van der Waals surface area contributed by atoms with Crippen molar-refractivity contribution in [2.75, 3.05) is 38.8 Å². The first-order valence-electron chi connectivity index (χ1n) is 7.10. The third-order valence-electron chi connectivity index (χ3n) is 3.86. The Balaban J connectivity index is 2.19. The lowest BCUT2D eigenvalue weighted by atomic mass is 9.99. The fraction of sp³-hybridized carbons (Fsp3) is 0.562. The Morgan fingerprint density at radius 3 is 2.70 bits per heavy atom. The van der Waals surface area contributed by atoms with Crippen molar-refractivity contribution in [1.82, 2.24) is 0 Å². The molecule has 110 valence electrons. The zero-order valence-electron chi connectivity index (χ0n) is 12.5. The number of hydrogen-bond acceptors (Lipinski definition) is 4. The number of benzene rings is 1. The number of ether oxygens (including phenoxy) is 2. The first kappa shape index (κ1) is 14.9. The standard InChI is InChI=1S/C16H23NO3/c1-12(18)16-14(5-4-6-15(16)19-3)17(2)11-13-7-9-20-10-8-13/h4-6,13H,7-11H2,1-3H3. The molecule has 2 rings (SSSR count). The van der Waals surface area contributed by atoms with E-state index in [0.29, 0.717) is 17.2 Å². The number of nitrogens with zero attached hydrogens (tertiary/aromatic N) is 1. The van der Waals surface area contributed by atoms with Gasteiger partial charge < -0.3 is 14.4 Å². The molecule has 1 aliphatic rings. The van der Waals surface area contributed by atoms with Crippen LogP contribution >= 0.6 is 0 Å². The lowest BCUT2D eigenvalue weighted by Gasteiger charge is -2.29. The Morgan fingerprint density at radius 2 is 2.10 bits per heavy atom. The third kappa shape index (κ3) is 3.31. The Kier molecular flexibility index (Phi) is 5.01. The minimum Gasteiger partial charge on any atom is -0.496 e. The topological polar surface area (TPSA) is 38.8 Å². The zero-order valence-corrected chi connectivity index (χ0v) is 12.5. The summed E-state index contributed by atoms with van der Waals surface area (Å²) in [7, 11) is 3.64. The summed E-state index contributed by atoms with van der Waals surface area (Å²) < 4.78 is 10.7. The van der Waals surface area contributed by atoms with Gasteiger partial charge in [0.25, 0.3) is 0 Å². The van der Waals surface area contributed by atoms with Crippen molar-refractivity contribution in [2.24, 2.45) is 5.92 Å². The molecule has 1 heterocycles. The molecule has 0 amide bonds. The van der Waals surface area contributed by atoms with Gasteiger partial charge in [0, 0.05) is 26.8 Å². The molecule has 0 aliphatic carbocycles. The van der Waals surface area contributed by atoms with Crippen molar-refractivity contribution in [3.05, 3.63) is 23.8 Å². The molecule has 20 heavy (non-hydrogen) atoms. The van der Waals surface area contributed by atoms with Crippen molar-refractivity contribution < 1.29 is 14.3 Å². The summed E-state index contributed by atoms with van der Waals surface area (Å²) in [6.45, 7) is 4.22. The minimum absolute atomic E-state index is 0.0382. The van der Waals surface area contributed by atoms with Crippen molar-refractivity contribution in [3.8, 4) is 5.75 Å². The molecular formula is C16H23NO3. The second-order valence-electron chi connectivity index (χ2n) is 5.35. The van der Waals surface area contributed by atoms with Crippen LogP contribution in [0.25, 0.3) is 0 Å². The van der Waals surface area contributed by atoms with Crippen molar-refractivity contribution >= 4 is 11.5 Å². The fourth-order valence-electron chi connectivity index (χ4n) is 2.78. The molecule has 1 aromatic rings. The molecule has 1 aromatic carbocycles. The highest BCUT2D eigenvalue weighted by molar-refractivity contribution is 6.02. The van der Waals surface area contributed by atoms with E-state index in [4.69, 9.17) is 9.47 Å². The first-order valence-corrected chi connectivity index (χ1v) is 7.10. The van der Waals surface area contributed by atoms with Crippen LogP contribution in [0.5, 0.6) is 5.75 Å². The molecular weight excluding hydrogens is 254 g/mol. The van der Waals surface area contributed by atoms with Gasteiger partial charge in [-0.1, -0.05) is 6.07 Å². The third-order valence-corrected chi connectivity index (χ3v) is 3.86. The van der Waals surface area contributed by atoms with E-state index in [-0.39, 0.29) is 5.78 Å². The number of carbonyl (C=O) groups excluding carboxylic acids is 1. The van der Waals surface area contributed by atoms with Gasteiger partial charge in [-0.3, -0.25) is 4.79 Å². The van der Waals surface area contributed by atoms with E-state index < -0.39 is 0 Å². The van der Waals surface area contributed by atoms with Gasteiger partial charge in [-0.25, -0.2) is 0 Å². The normalized spacial score (nSPS) is 15.9. The molecule has 1 fully saturated rings. The quantitative estimate of drug-likeness (QED) is 0.776. The molecule has 4 heteroatoms. The number of hydrogen-bond donors (Lipinski definition) is 0. The summed E-state index contributed by atoms with van der Waals surface area (Å²) in [4.78, 5) is 14.1. The van der Waals surface area contributed by atoms with Gasteiger partial charge in [-0.05, 0) is 37.8 Å². The number of carbonyl (C=O) groups is 1. The fourth-order valence-corrected chi connectivity index (χ4v) is 2.78. The second-order valence-corrected chi connectivity index (χ2v) is 5.35. The summed E-state index contributed by atoms with van der Waals surface area (Å²) in [5.74, 6) is 1.31. The summed E-state index contributed by atoms with van der Waals surface area (Å²) in [6, 6.07) is 5.75. The molecule has 0 spiro atoms. The predicted molar refractivity (Wildman–Crippen MR) is 79.8 cm³/mol. The van der Waals surface area contributed by atoms with Gasteiger partial charge in [0.2, 0.25) is 0 Å². The van der Waals surface area contributed by atoms with E-state index in [9.17, 15) is 4.79 Å². The average Bonchev–Trinajstić information content (AvgIpc) is 2.47. The van der Waals surface area contributed by atoms with Crippen LogP contribution in [0.15, 0.2) is 18.2 Å². The van der Waals surface area contributed by atoms with Gasteiger partial charge in [0.15, 0.2) is 5.78 Å². The van der Waals surface area contributed by atoms with Crippen LogP contribution in [0.1, 0.15) is 30.1 Å². The molecule has 0 radical (unpaired) electrons. The number of anilines is 1. The van der Waals surface area contributed by atoms with Crippen LogP contribution < -0.4 is 9.64 Å². The first-order chi connectivity index (χ1) is 9.63. The highest BCUT2D eigenvalue weighted by atomic mass is 16.5. The Morgan fingerprint density at radius 1 is 1.40 bits per heavy atom. The van der Waals surface area contributed by atoms with Crippen molar-refractivity contribution in [1.29, 1.82) is 0 Å². The molecule has 0 aromatic heterocycles. The maximum atomic E-state index is 11.9. The van der Waals surface area contributed by atoms with Gasteiger partial charge >= 0.3 is 0 Å². The largest absolute Gasteiger partial charge is 0.496 e. The highest BCUT2D eigenvalue weighted by Gasteiger charge is 2.20. The summed E-state index contributed by atoms with van der Waals surface area (Å²) >= 11 is 0. The Hall–Kier alpha value is -1.55. The van der Waals surface area contributed by atoms with Crippen molar-refractivity contribution in [2.45, 2.75) is 19.8 Å². The SMILES string of the molecule is COc1cccc(N(C)CC2CCOCC2)c1C(C)=O. The molecule has 0 bridgehead atoms. The monoisotopic (exact) mass is 277 g/mol. The van der Waals surface area contributed by atoms with Crippen LogP contribution in [-0.4, -0.2) is 39.7 Å². The maximum absolute atomic E-state index is 11.9. The molecule has 0 saturated carbocycles. The van der Waals surface area contributed by atoms with Gasteiger partial charge in [0.1, 0.15) is 5.75 Å². The van der Waals surface area contributed by atoms with Crippen LogP contribution in [-0.2, 0) is 4.74 Å². The van der Waals surface area contributed by atoms with Crippen LogP contribution in [0.4, 0.5) is 5.69 Å². The number of rotatable bonds is 5. The second kappa shape index (κ2) is 6.75. The van der Waals surface area contributed by atoms with E-state index >= 15 is 0 Å². The van der Waals surface area contributed by atoms with E-state index in [1.807, 2.05) is 25.2 Å². The lowest BCUT2D eigenvalue weighted by molar-refractivity contribution is 0.0685. The number of Topliss-reactive ketones (excluding diaryl/α,β-unsaturated/α-hetero) is 1. The highest BCUT2D eigenvalue weighted by Crippen LogP contribution is 2.30. The van der Waals surface area contributed by atoms with Gasteiger partial charge in [0.05, 0.1) is 18.4 Å². The van der Waals surface area contributed by atoms with E-state index in [1.54, 1.807) is 14.0 Å². The Labute approximate surface area is 120 Å². The van der Waals surface area contributed by atoms with Gasteiger partial charge in [-0.15, -0.1) is 0 Å². The molecule has 1 aliphatic heterocycles. The smallest absolute Gasteiger partial charge is 0.165 e. The predicted octanol–water partition coefficient (Wildman–Crippen LogP) is 2.76. The molecule has 0 N–H and O–H groups in total. The number of methoxy groups -OCH3 is 1. The summed E-state index contributed by atoms with van der Waals surface area (Å²) in [5, 5.41) is 0. The van der Waals surface area contributed by atoms with Crippen molar-refractivity contribution in [3.63, 3.8) is 0 Å². The summed E-state index contributed by atoms with van der Waals surface area (Å²) in [5.41, 5.74) is 1.62. The lowest BCUT2D eigenvalue weighted by Crippen LogP contribution is -2.30. The maximum Gasteiger partial charge on any atom is 0.165 e. The van der Waals surface area contributed by atoms with E-state index in [1.165, 1.54) is 0 Å². The molecule has 0 atom stereocenters. The molecule has 4 nitrogen and oxygen atoms in total. The van der Waals surface area contributed by atoms with E-state index in [2.05, 4.69) is 4.90 Å². The van der Waals surface area contributed by atoms with Gasteiger partial charge in [-0.2, -0.15) is 0 Å². The zero-order chi connectivity index (χ0) is 14.5. The minimum atomic E-state index is 0.0382. The molecule has 0 unspecified atom stereocenters. The van der Waals surface area contributed by atoms with E-state index in [0.717, 1.165) is 38.3 Å². The average molecular weight is 277 g/mol. The van der Waals surface area contributed by atoms with Crippen LogP contribution in [0.2, 0.25) is 0 Å². The Bertz CT molecular complexity index is 467. The summed E-state index contributed by atoms with van der Waals surface area (Å²) in [6.07, 6.45) is 2.17.